The number of nitrogens with zero attached hydrogens (tertiary/aromatic N) is 4. The highest BCUT2D eigenvalue weighted by molar-refractivity contribution is 6.30. The van der Waals surface area contributed by atoms with Gasteiger partial charge >= 0.3 is 0 Å². The fourth-order valence-corrected chi connectivity index (χ4v) is 5.54. The summed E-state index contributed by atoms with van der Waals surface area (Å²) in [6.45, 7) is 9.97. The summed E-state index contributed by atoms with van der Waals surface area (Å²) in [5, 5.41) is 5.26. The molecule has 1 aromatic heterocycles. The molecular formula is C28H39ClN4O3. The molecule has 36 heavy (non-hydrogen) atoms. The minimum Gasteiger partial charge on any atom is -0.493 e. The molecular weight excluding hydrogens is 476 g/mol. The first kappa shape index (κ1) is 26.5. The van der Waals surface area contributed by atoms with Crippen LogP contribution in [0.2, 0.25) is 5.02 Å². The molecule has 0 N–H and O–H groups in total. The monoisotopic (exact) mass is 514 g/mol. The van der Waals surface area contributed by atoms with Crippen LogP contribution in [-0.2, 0) is 11.3 Å². The Morgan fingerprint density at radius 1 is 1.08 bits per heavy atom. The van der Waals surface area contributed by atoms with E-state index in [2.05, 4.69) is 18.9 Å². The van der Waals surface area contributed by atoms with Gasteiger partial charge in [0.2, 0.25) is 5.91 Å². The summed E-state index contributed by atoms with van der Waals surface area (Å²) >= 11 is 6.17. The number of benzene rings is 1. The van der Waals surface area contributed by atoms with Gasteiger partial charge in [-0.05, 0) is 69.2 Å². The molecule has 0 radical (unpaired) electrons. The fourth-order valence-electron chi connectivity index (χ4n) is 5.36. The molecule has 0 saturated carbocycles. The van der Waals surface area contributed by atoms with Gasteiger partial charge in [0, 0.05) is 49.6 Å². The first-order valence-corrected chi connectivity index (χ1v) is 13.7. The van der Waals surface area contributed by atoms with E-state index in [0.717, 1.165) is 44.5 Å². The maximum Gasteiger partial charge on any atom is 0.272 e. The largest absolute Gasteiger partial charge is 0.493 e. The van der Waals surface area contributed by atoms with Gasteiger partial charge in [0.1, 0.15) is 11.4 Å². The Labute approximate surface area is 219 Å². The van der Waals surface area contributed by atoms with Crippen molar-refractivity contribution in [2.45, 2.75) is 71.8 Å². The molecule has 0 spiro atoms. The maximum absolute atomic E-state index is 13.7. The quantitative estimate of drug-likeness (QED) is 0.474. The van der Waals surface area contributed by atoms with Gasteiger partial charge in [-0.3, -0.25) is 14.3 Å². The summed E-state index contributed by atoms with van der Waals surface area (Å²) in [5.74, 6) is 1.08. The minimum atomic E-state index is -0.456. The number of ether oxygens (including phenoxy) is 1. The molecule has 1 unspecified atom stereocenters. The average Bonchev–Trinajstić information content (AvgIpc) is 3.33. The third kappa shape index (κ3) is 6.23. The molecule has 2 fully saturated rings. The summed E-state index contributed by atoms with van der Waals surface area (Å²) in [5.41, 5.74) is 1.09. The van der Waals surface area contributed by atoms with Crippen LogP contribution in [-0.4, -0.2) is 64.2 Å². The zero-order chi connectivity index (χ0) is 25.7. The van der Waals surface area contributed by atoms with Crippen LogP contribution in [0, 0.1) is 5.41 Å². The van der Waals surface area contributed by atoms with Crippen molar-refractivity contribution in [3.8, 4) is 5.75 Å². The highest BCUT2D eigenvalue weighted by Crippen LogP contribution is 2.36. The number of aryl methyl sites for hydroxylation is 1. The van der Waals surface area contributed by atoms with Crippen molar-refractivity contribution in [1.29, 1.82) is 0 Å². The van der Waals surface area contributed by atoms with Crippen LogP contribution in [0.5, 0.6) is 5.75 Å². The number of rotatable bonds is 8. The lowest BCUT2D eigenvalue weighted by Crippen LogP contribution is -2.51. The zero-order valence-electron chi connectivity index (χ0n) is 21.8. The van der Waals surface area contributed by atoms with Crippen LogP contribution >= 0.6 is 11.6 Å². The van der Waals surface area contributed by atoms with Crippen LogP contribution in [0.4, 0.5) is 0 Å². The number of hydrogen-bond donors (Lipinski definition) is 0. The van der Waals surface area contributed by atoms with Gasteiger partial charge in [0.15, 0.2) is 0 Å². The van der Waals surface area contributed by atoms with E-state index >= 15 is 0 Å². The third-order valence-electron chi connectivity index (χ3n) is 7.43. The van der Waals surface area contributed by atoms with Crippen molar-refractivity contribution in [2.24, 2.45) is 5.41 Å². The molecule has 196 valence electrons. The summed E-state index contributed by atoms with van der Waals surface area (Å²) in [6, 6.07) is 9.27. The number of piperidine rings is 2. The van der Waals surface area contributed by atoms with Crippen LogP contribution in [0.25, 0.3) is 0 Å². The summed E-state index contributed by atoms with van der Waals surface area (Å²) in [4.78, 5) is 31.0. The number of likely N-dealkylation sites (tertiary alicyclic amines) is 2. The van der Waals surface area contributed by atoms with E-state index in [9.17, 15) is 9.59 Å². The van der Waals surface area contributed by atoms with E-state index in [0.29, 0.717) is 49.1 Å². The highest BCUT2D eigenvalue weighted by Gasteiger charge is 2.41. The standard InChI is InChI=1S/C28H39ClN4O3/c1-4-33-25(17-24(30-33)21(2)3)27(35)32-15-9-12-28(19-32,18-26(34)31-13-6-5-7-14-31)20-36-23-11-8-10-22(29)16-23/h8,10-11,16-17,21H,4-7,9,12-15,18-20H2,1-3H3. The molecule has 8 heteroatoms. The Hall–Kier alpha value is -2.54. The molecule has 2 aliphatic rings. The van der Waals surface area contributed by atoms with Crippen LogP contribution < -0.4 is 4.74 Å². The number of halogens is 1. The zero-order valence-corrected chi connectivity index (χ0v) is 22.6. The Kier molecular flexibility index (Phi) is 8.60. The van der Waals surface area contributed by atoms with Crippen molar-refractivity contribution in [1.82, 2.24) is 19.6 Å². The SMILES string of the molecule is CCn1nc(C(C)C)cc1C(=O)N1CCCC(COc2cccc(Cl)c2)(CC(=O)N2CCCCC2)C1. The van der Waals surface area contributed by atoms with E-state index in [-0.39, 0.29) is 17.7 Å². The van der Waals surface area contributed by atoms with Gasteiger partial charge in [-0.1, -0.05) is 31.5 Å². The minimum absolute atomic E-state index is 0.0199. The molecule has 2 aromatic rings. The molecule has 2 saturated heterocycles. The Morgan fingerprint density at radius 2 is 1.83 bits per heavy atom. The van der Waals surface area contributed by atoms with E-state index in [1.807, 2.05) is 41.0 Å². The first-order chi connectivity index (χ1) is 17.3. The molecule has 1 atom stereocenters. The number of carbonyl (C=O) groups excluding carboxylic acids is 2. The lowest BCUT2D eigenvalue weighted by Gasteiger charge is -2.43. The van der Waals surface area contributed by atoms with Crippen molar-refractivity contribution >= 4 is 23.4 Å². The molecule has 2 amide bonds. The van der Waals surface area contributed by atoms with Crippen LogP contribution in [0.15, 0.2) is 30.3 Å². The second-order valence-electron chi connectivity index (χ2n) is 10.6. The second-order valence-corrected chi connectivity index (χ2v) is 11.1. The Balaban J connectivity index is 1.56. The maximum atomic E-state index is 13.7. The van der Waals surface area contributed by atoms with E-state index < -0.39 is 5.41 Å². The van der Waals surface area contributed by atoms with E-state index in [4.69, 9.17) is 16.3 Å². The molecule has 7 nitrogen and oxygen atoms in total. The molecule has 4 rings (SSSR count). The third-order valence-corrected chi connectivity index (χ3v) is 7.67. The second kappa shape index (κ2) is 11.7. The number of amides is 2. The summed E-state index contributed by atoms with van der Waals surface area (Å²) < 4.78 is 8.02. The highest BCUT2D eigenvalue weighted by atomic mass is 35.5. The normalized spacial score (nSPS) is 20.6. The van der Waals surface area contributed by atoms with Crippen molar-refractivity contribution in [3.05, 3.63) is 46.7 Å². The number of carbonyl (C=O) groups is 2. The fraction of sp³-hybridized carbons (Fsp3) is 0.607. The van der Waals surface area contributed by atoms with E-state index in [1.165, 1.54) is 6.42 Å². The van der Waals surface area contributed by atoms with Gasteiger partial charge in [0.05, 0.1) is 12.3 Å². The predicted molar refractivity (Wildman–Crippen MR) is 142 cm³/mol. The molecule has 2 aliphatic heterocycles. The number of hydrogen-bond acceptors (Lipinski definition) is 4. The van der Waals surface area contributed by atoms with Crippen LogP contribution in [0.1, 0.15) is 81.4 Å². The van der Waals surface area contributed by atoms with Crippen molar-refractivity contribution < 1.29 is 14.3 Å². The Bertz CT molecular complexity index is 1060. The van der Waals surface area contributed by atoms with Gasteiger partial charge < -0.3 is 14.5 Å². The Morgan fingerprint density at radius 3 is 2.53 bits per heavy atom. The van der Waals surface area contributed by atoms with Crippen molar-refractivity contribution in [3.63, 3.8) is 0 Å². The van der Waals surface area contributed by atoms with Crippen molar-refractivity contribution in [2.75, 3.05) is 32.8 Å². The van der Waals surface area contributed by atoms with Crippen LogP contribution in [0.3, 0.4) is 0 Å². The summed E-state index contributed by atoms with van der Waals surface area (Å²) in [7, 11) is 0. The van der Waals surface area contributed by atoms with E-state index in [1.54, 1.807) is 10.7 Å². The van der Waals surface area contributed by atoms with Gasteiger partial charge in [0.25, 0.3) is 5.91 Å². The average molecular weight is 515 g/mol. The molecule has 0 bridgehead atoms. The predicted octanol–water partition coefficient (Wildman–Crippen LogP) is 5.38. The molecule has 1 aromatic carbocycles. The van der Waals surface area contributed by atoms with Gasteiger partial charge in [-0.15, -0.1) is 0 Å². The molecule has 3 heterocycles. The lowest BCUT2D eigenvalue weighted by molar-refractivity contribution is -0.136. The molecule has 0 aliphatic carbocycles. The topological polar surface area (TPSA) is 67.7 Å². The van der Waals surface area contributed by atoms with Gasteiger partial charge in [-0.2, -0.15) is 5.10 Å². The lowest BCUT2D eigenvalue weighted by atomic mass is 9.77. The number of aromatic nitrogens is 2. The van der Waals surface area contributed by atoms with Gasteiger partial charge in [-0.25, -0.2) is 0 Å². The first-order valence-electron chi connectivity index (χ1n) is 13.3. The summed E-state index contributed by atoms with van der Waals surface area (Å²) in [6.07, 6.45) is 5.33. The smallest absolute Gasteiger partial charge is 0.272 e.